The molecule has 1 atom stereocenters. The molecular formula is C14H18ClN. The van der Waals surface area contributed by atoms with Crippen molar-refractivity contribution in [2.75, 3.05) is 6.54 Å². The van der Waals surface area contributed by atoms with Crippen LogP contribution in [0.15, 0.2) is 12.1 Å². The summed E-state index contributed by atoms with van der Waals surface area (Å²) in [6.45, 7) is 1.17. The Balaban J connectivity index is 2.04. The lowest BCUT2D eigenvalue weighted by atomic mass is 9.85. The summed E-state index contributed by atoms with van der Waals surface area (Å²) < 4.78 is 0. The van der Waals surface area contributed by atoms with E-state index in [1.807, 2.05) is 0 Å². The van der Waals surface area contributed by atoms with Gasteiger partial charge in [-0.15, -0.1) is 0 Å². The van der Waals surface area contributed by atoms with Crippen molar-refractivity contribution >= 4 is 11.6 Å². The summed E-state index contributed by atoms with van der Waals surface area (Å²) in [5.41, 5.74) is 4.51. The van der Waals surface area contributed by atoms with Crippen LogP contribution in [0.1, 0.15) is 48.4 Å². The van der Waals surface area contributed by atoms with Crippen molar-refractivity contribution in [3.63, 3.8) is 0 Å². The van der Waals surface area contributed by atoms with Gasteiger partial charge >= 0.3 is 0 Å². The van der Waals surface area contributed by atoms with E-state index in [0.717, 1.165) is 5.02 Å². The molecule has 0 spiro atoms. The van der Waals surface area contributed by atoms with Gasteiger partial charge in [0, 0.05) is 11.1 Å². The monoisotopic (exact) mass is 235 g/mol. The van der Waals surface area contributed by atoms with Crippen LogP contribution in [0.5, 0.6) is 0 Å². The number of nitrogens with one attached hydrogen (secondary N) is 1. The number of hydrogen-bond acceptors (Lipinski definition) is 1. The molecule has 16 heavy (non-hydrogen) atoms. The summed E-state index contributed by atoms with van der Waals surface area (Å²) in [6.07, 6.45) is 7.62. The minimum absolute atomic E-state index is 0.587. The zero-order valence-corrected chi connectivity index (χ0v) is 10.3. The van der Waals surface area contributed by atoms with Crippen molar-refractivity contribution in [2.45, 2.75) is 44.6 Å². The van der Waals surface area contributed by atoms with Gasteiger partial charge in [0.2, 0.25) is 0 Å². The van der Waals surface area contributed by atoms with Gasteiger partial charge in [0.1, 0.15) is 0 Å². The highest BCUT2D eigenvalue weighted by Gasteiger charge is 2.23. The first-order valence-electron chi connectivity index (χ1n) is 6.40. The van der Waals surface area contributed by atoms with Crippen LogP contribution in [0.2, 0.25) is 5.02 Å². The van der Waals surface area contributed by atoms with Gasteiger partial charge in [-0.2, -0.15) is 0 Å². The Kier molecular flexibility index (Phi) is 2.91. The summed E-state index contributed by atoms with van der Waals surface area (Å²) in [7, 11) is 0. The summed E-state index contributed by atoms with van der Waals surface area (Å²) in [5, 5.41) is 4.58. The third-order valence-corrected chi connectivity index (χ3v) is 4.30. The Labute approximate surface area is 102 Å². The van der Waals surface area contributed by atoms with Crippen LogP contribution in [0.3, 0.4) is 0 Å². The standard InChI is InChI=1S/C14H18ClN/c15-13-8-7-12(14-6-3-9-16-14)10-4-1-2-5-11(10)13/h7-8,14,16H,1-6,9H2/t14-/m1/s1. The maximum absolute atomic E-state index is 6.30. The summed E-state index contributed by atoms with van der Waals surface area (Å²) >= 11 is 6.30. The van der Waals surface area contributed by atoms with E-state index < -0.39 is 0 Å². The molecule has 2 aliphatic rings. The predicted octanol–water partition coefficient (Wildman–Crippen LogP) is 3.64. The fraction of sp³-hybridized carbons (Fsp3) is 0.571. The molecule has 86 valence electrons. The fourth-order valence-electron chi connectivity index (χ4n) is 3.13. The van der Waals surface area contributed by atoms with Crippen molar-refractivity contribution in [3.8, 4) is 0 Å². The van der Waals surface area contributed by atoms with Gasteiger partial charge in [0.15, 0.2) is 0 Å². The number of benzene rings is 1. The van der Waals surface area contributed by atoms with Gasteiger partial charge in [-0.3, -0.25) is 0 Å². The number of halogens is 1. The largest absolute Gasteiger partial charge is 0.310 e. The molecule has 1 saturated heterocycles. The van der Waals surface area contributed by atoms with Crippen molar-refractivity contribution in [1.29, 1.82) is 0 Å². The van der Waals surface area contributed by atoms with E-state index in [0.29, 0.717) is 6.04 Å². The normalized spacial score (nSPS) is 24.4. The van der Waals surface area contributed by atoms with Crippen LogP contribution < -0.4 is 5.32 Å². The summed E-state index contributed by atoms with van der Waals surface area (Å²) in [4.78, 5) is 0. The maximum Gasteiger partial charge on any atom is 0.0440 e. The molecule has 0 saturated carbocycles. The Bertz CT molecular complexity index is 394. The molecule has 1 fully saturated rings. The molecule has 1 aromatic carbocycles. The lowest BCUT2D eigenvalue weighted by Gasteiger charge is -2.23. The first kappa shape index (κ1) is 10.6. The van der Waals surface area contributed by atoms with Crippen LogP contribution in [0, 0.1) is 0 Å². The van der Waals surface area contributed by atoms with Crippen molar-refractivity contribution in [3.05, 3.63) is 33.8 Å². The average molecular weight is 236 g/mol. The summed E-state index contributed by atoms with van der Waals surface area (Å²) in [5.74, 6) is 0. The van der Waals surface area contributed by atoms with Crippen molar-refractivity contribution in [2.24, 2.45) is 0 Å². The molecule has 1 N–H and O–H groups in total. The van der Waals surface area contributed by atoms with Crippen LogP contribution in [0.4, 0.5) is 0 Å². The molecule has 1 aliphatic heterocycles. The van der Waals surface area contributed by atoms with Crippen LogP contribution in [-0.2, 0) is 12.8 Å². The Morgan fingerprint density at radius 1 is 1.06 bits per heavy atom. The van der Waals surface area contributed by atoms with Gasteiger partial charge in [0.05, 0.1) is 0 Å². The van der Waals surface area contributed by atoms with Crippen LogP contribution in [-0.4, -0.2) is 6.54 Å². The highest BCUT2D eigenvalue weighted by molar-refractivity contribution is 6.31. The van der Waals surface area contributed by atoms with E-state index in [2.05, 4.69) is 17.4 Å². The summed E-state index contributed by atoms with van der Waals surface area (Å²) in [6, 6.07) is 4.93. The highest BCUT2D eigenvalue weighted by Crippen LogP contribution is 2.35. The number of hydrogen-bond donors (Lipinski definition) is 1. The quantitative estimate of drug-likeness (QED) is 0.784. The molecule has 0 unspecified atom stereocenters. The zero-order chi connectivity index (χ0) is 11.0. The first-order valence-corrected chi connectivity index (χ1v) is 6.77. The predicted molar refractivity (Wildman–Crippen MR) is 68.1 cm³/mol. The van der Waals surface area contributed by atoms with E-state index in [4.69, 9.17) is 11.6 Å². The van der Waals surface area contributed by atoms with E-state index in [-0.39, 0.29) is 0 Å². The zero-order valence-electron chi connectivity index (χ0n) is 9.56. The van der Waals surface area contributed by atoms with Gasteiger partial charge in [-0.25, -0.2) is 0 Å². The molecule has 2 heteroatoms. The lowest BCUT2D eigenvalue weighted by molar-refractivity contribution is 0.616. The average Bonchev–Trinajstić information content (AvgIpc) is 2.83. The second-order valence-electron chi connectivity index (χ2n) is 4.95. The van der Waals surface area contributed by atoms with Crippen molar-refractivity contribution in [1.82, 2.24) is 5.32 Å². The number of rotatable bonds is 1. The fourth-order valence-corrected chi connectivity index (χ4v) is 3.40. The molecule has 3 rings (SSSR count). The second kappa shape index (κ2) is 4.38. The number of fused-ring (bicyclic) bond motifs is 1. The van der Waals surface area contributed by atoms with E-state index in [1.165, 1.54) is 56.2 Å². The van der Waals surface area contributed by atoms with E-state index in [1.54, 1.807) is 5.56 Å². The van der Waals surface area contributed by atoms with Crippen LogP contribution >= 0.6 is 11.6 Å². The Morgan fingerprint density at radius 3 is 2.62 bits per heavy atom. The molecule has 0 radical (unpaired) electrons. The smallest absolute Gasteiger partial charge is 0.0440 e. The first-order chi connectivity index (χ1) is 7.86. The Morgan fingerprint density at radius 2 is 1.88 bits per heavy atom. The molecule has 0 bridgehead atoms. The minimum atomic E-state index is 0.587. The molecule has 0 amide bonds. The van der Waals surface area contributed by atoms with Gasteiger partial charge in [-0.05, 0) is 67.8 Å². The lowest BCUT2D eigenvalue weighted by Crippen LogP contribution is -2.17. The van der Waals surface area contributed by atoms with E-state index >= 15 is 0 Å². The SMILES string of the molecule is Clc1ccc([C@H]2CCCN2)c2c1CCCC2. The second-order valence-corrected chi connectivity index (χ2v) is 5.36. The van der Waals surface area contributed by atoms with E-state index in [9.17, 15) is 0 Å². The van der Waals surface area contributed by atoms with Crippen molar-refractivity contribution < 1.29 is 0 Å². The molecule has 1 heterocycles. The Hall–Kier alpha value is -0.530. The third kappa shape index (κ3) is 1.76. The van der Waals surface area contributed by atoms with Gasteiger partial charge in [-0.1, -0.05) is 17.7 Å². The highest BCUT2D eigenvalue weighted by atomic mass is 35.5. The molecule has 1 nitrogen and oxygen atoms in total. The van der Waals surface area contributed by atoms with Gasteiger partial charge < -0.3 is 5.32 Å². The third-order valence-electron chi connectivity index (χ3n) is 3.95. The maximum atomic E-state index is 6.30. The topological polar surface area (TPSA) is 12.0 Å². The molecule has 0 aromatic heterocycles. The molecular weight excluding hydrogens is 218 g/mol. The van der Waals surface area contributed by atoms with Crippen LogP contribution in [0.25, 0.3) is 0 Å². The molecule has 1 aliphatic carbocycles. The molecule has 1 aromatic rings. The minimum Gasteiger partial charge on any atom is -0.310 e. The van der Waals surface area contributed by atoms with Gasteiger partial charge in [0.25, 0.3) is 0 Å².